The first-order valence-corrected chi connectivity index (χ1v) is 7.16. The van der Waals surface area contributed by atoms with E-state index in [9.17, 15) is 9.18 Å². The summed E-state index contributed by atoms with van der Waals surface area (Å²) < 4.78 is 30.1. The van der Waals surface area contributed by atoms with Gasteiger partial charge in [0.15, 0.2) is 23.1 Å². The Hall–Kier alpha value is -2.47. The third-order valence-corrected chi connectivity index (χ3v) is 3.17. The third kappa shape index (κ3) is 4.04. The molecule has 0 bridgehead atoms. The summed E-state index contributed by atoms with van der Waals surface area (Å²) in [5.74, 6) is -0.244. The maximum atomic E-state index is 14.2. The first-order valence-electron chi connectivity index (χ1n) is 6.63. The summed E-state index contributed by atoms with van der Waals surface area (Å²) in [5.41, 5.74) is 0.285. The predicted molar refractivity (Wildman–Crippen MR) is 85.4 cm³/mol. The van der Waals surface area contributed by atoms with Gasteiger partial charge in [-0.2, -0.15) is 0 Å². The van der Waals surface area contributed by atoms with Crippen molar-refractivity contribution in [3.05, 3.63) is 42.2 Å². The minimum absolute atomic E-state index is 0.0309. The average Bonchev–Trinajstić information content (AvgIpc) is 2.57. The lowest BCUT2D eigenvalue weighted by molar-refractivity contribution is -0.113. The number of carbonyl (C=O) groups is 1. The smallest absolute Gasteiger partial charge is 0.239 e. The number of rotatable bonds is 6. The van der Waals surface area contributed by atoms with E-state index in [0.29, 0.717) is 11.5 Å². The van der Waals surface area contributed by atoms with Crippen LogP contribution in [0.1, 0.15) is 0 Å². The van der Waals surface area contributed by atoms with E-state index in [1.807, 2.05) is 0 Å². The Bertz CT molecular complexity index is 686. The number of amides is 1. The van der Waals surface area contributed by atoms with Crippen molar-refractivity contribution in [3.8, 4) is 23.0 Å². The summed E-state index contributed by atoms with van der Waals surface area (Å²) in [6.07, 6.45) is 0. The number of carbonyl (C=O) groups excluding carboxylic acids is 1. The Kier molecular flexibility index (Phi) is 5.65. The standard InChI is InChI=1S/C16H15ClFNO4/c1-21-13-4-3-5-14(22-2)16(13)23-12-7-6-10(8-11(12)18)19-15(20)9-17/h3-8H,9H2,1-2H3,(H,19,20). The van der Waals surface area contributed by atoms with E-state index in [0.717, 1.165) is 6.07 Å². The average molecular weight is 340 g/mol. The fourth-order valence-electron chi connectivity index (χ4n) is 1.88. The van der Waals surface area contributed by atoms with E-state index >= 15 is 0 Å². The van der Waals surface area contributed by atoms with Gasteiger partial charge in [-0.25, -0.2) is 4.39 Å². The molecule has 7 heteroatoms. The van der Waals surface area contributed by atoms with Crippen LogP contribution in [0.2, 0.25) is 0 Å². The number of nitrogens with one attached hydrogen (secondary N) is 1. The number of halogens is 2. The summed E-state index contributed by atoms with van der Waals surface area (Å²) in [5, 5.41) is 2.45. The van der Waals surface area contributed by atoms with Crippen molar-refractivity contribution in [2.75, 3.05) is 25.4 Å². The lowest BCUT2D eigenvalue weighted by Crippen LogP contribution is -2.12. The van der Waals surface area contributed by atoms with E-state index in [2.05, 4.69) is 5.32 Å². The molecule has 0 fully saturated rings. The molecular weight excluding hydrogens is 325 g/mol. The molecule has 0 aliphatic carbocycles. The van der Waals surface area contributed by atoms with Crippen molar-refractivity contribution in [2.24, 2.45) is 0 Å². The molecule has 1 amide bonds. The highest BCUT2D eigenvalue weighted by Gasteiger charge is 2.15. The number of benzene rings is 2. The van der Waals surface area contributed by atoms with Crippen LogP contribution in [-0.2, 0) is 4.79 Å². The monoisotopic (exact) mass is 339 g/mol. The number of hydrogen-bond donors (Lipinski definition) is 1. The lowest BCUT2D eigenvalue weighted by atomic mass is 10.2. The van der Waals surface area contributed by atoms with Gasteiger partial charge in [-0.05, 0) is 24.3 Å². The highest BCUT2D eigenvalue weighted by molar-refractivity contribution is 6.29. The maximum absolute atomic E-state index is 14.2. The van der Waals surface area contributed by atoms with Crippen LogP contribution in [0, 0.1) is 5.82 Å². The molecule has 23 heavy (non-hydrogen) atoms. The molecule has 0 aliphatic heterocycles. The Morgan fingerprint density at radius 3 is 2.30 bits per heavy atom. The maximum Gasteiger partial charge on any atom is 0.239 e. The zero-order chi connectivity index (χ0) is 16.8. The quantitative estimate of drug-likeness (QED) is 0.813. The zero-order valence-electron chi connectivity index (χ0n) is 12.6. The van der Waals surface area contributed by atoms with E-state index in [1.165, 1.54) is 26.4 Å². The van der Waals surface area contributed by atoms with E-state index in [4.69, 9.17) is 25.8 Å². The molecule has 1 N–H and O–H groups in total. The Labute approximate surface area is 137 Å². The summed E-state index contributed by atoms with van der Waals surface area (Å²) in [4.78, 5) is 11.2. The van der Waals surface area contributed by atoms with Gasteiger partial charge in [0.2, 0.25) is 11.7 Å². The molecule has 0 saturated heterocycles. The first-order chi connectivity index (χ1) is 11.1. The Morgan fingerprint density at radius 1 is 1.13 bits per heavy atom. The highest BCUT2D eigenvalue weighted by Crippen LogP contribution is 2.40. The van der Waals surface area contributed by atoms with Crippen molar-refractivity contribution in [1.29, 1.82) is 0 Å². The molecule has 0 atom stereocenters. The van der Waals surface area contributed by atoms with Crippen LogP contribution in [0.5, 0.6) is 23.0 Å². The molecule has 5 nitrogen and oxygen atoms in total. The predicted octanol–water partition coefficient (Wildman–Crippen LogP) is 3.81. The van der Waals surface area contributed by atoms with E-state index in [1.54, 1.807) is 18.2 Å². The Balaban J connectivity index is 2.29. The summed E-state index contributed by atoms with van der Waals surface area (Å²) in [7, 11) is 2.95. The van der Waals surface area contributed by atoms with Crippen molar-refractivity contribution >= 4 is 23.2 Å². The summed E-state index contributed by atoms with van der Waals surface area (Å²) >= 11 is 5.39. The Morgan fingerprint density at radius 2 is 1.78 bits per heavy atom. The fourth-order valence-corrected chi connectivity index (χ4v) is 1.95. The molecule has 0 heterocycles. The molecule has 0 saturated carbocycles. The molecule has 0 aromatic heterocycles. The normalized spacial score (nSPS) is 10.1. The number of para-hydroxylation sites is 1. The molecule has 2 rings (SSSR count). The van der Waals surface area contributed by atoms with E-state index in [-0.39, 0.29) is 23.1 Å². The van der Waals surface area contributed by atoms with Gasteiger partial charge in [0.1, 0.15) is 5.88 Å². The molecule has 0 radical (unpaired) electrons. The van der Waals surface area contributed by atoms with E-state index < -0.39 is 11.7 Å². The van der Waals surface area contributed by atoms with Gasteiger partial charge in [-0.1, -0.05) is 6.07 Å². The van der Waals surface area contributed by atoms with Crippen molar-refractivity contribution in [2.45, 2.75) is 0 Å². The first kappa shape index (κ1) is 16.9. The van der Waals surface area contributed by atoms with Crippen LogP contribution in [0.4, 0.5) is 10.1 Å². The molecule has 122 valence electrons. The van der Waals surface area contributed by atoms with Gasteiger partial charge in [0.25, 0.3) is 0 Å². The molecule has 0 spiro atoms. The van der Waals surface area contributed by atoms with Crippen LogP contribution in [-0.4, -0.2) is 26.0 Å². The number of methoxy groups -OCH3 is 2. The van der Waals surface area contributed by atoms with Crippen LogP contribution >= 0.6 is 11.6 Å². The second-order valence-electron chi connectivity index (χ2n) is 4.42. The topological polar surface area (TPSA) is 56.8 Å². The van der Waals surface area contributed by atoms with Gasteiger partial charge in [0.05, 0.1) is 14.2 Å². The number of alkyl halides is 1. The highest BCUT2D eigenvalue weighted by atomic mass is 35.5. The van der Waals surface area contributed by atoms with Crippen molar-refractivity contribution < 1.29 is 23.4 Å². The largest absolute Gasteiger partial charge is 0.493 e. The number of anilines is 1. The lowest BCUT2D eigenvalue weighted by Gasteiger charge is -2.14. The molecule has 0 unspecified atom stereocenters. The molecule has 2 aromatic rings. The zero-order valence-corrected chi connectivity index (χ0v) is 13.3. The van der Waals surface area contributed by atoms with Crippen molar-refractivity contribution in [1.82, 2.24) is 0 Å². The molecular formula is C16H15ClFNO4. The van der Waals surface area contributed by atoms with Crippen molar-refractivity contribution in [3.63, 3.8) is 0 Å². The third-order valence-electron chi connectivity index (χ3n) is 2.93. The van der Waals surface area contributed by atoms with Gasteiger partial charge in [0, 0.05) is 11.8 Å². The fraction of sp³-hybridized carbons (Fsp3) is 0.188. The second kappa shape index (κ2) is 7.69. The van der Waals surface area contributed by atoms with Gasteiger partial charge in [-0.3, -0.25) is 4.79 Å². The van der Waals surface area contributed by atoms with Crippen LogP contribution < -0.4 is 19.5 Å². The minimum Gasteiger partial charge on any atom is -0.493 e. The molecule has 0 aliphatic rings. The number of hydrogen-bond acceptors (Lipinski definition) is 4. The van der Waals surface area contributed by atoms with Crippen LogP contribution in [0.15, 0.2) is 36.4 Å². The number of ether oxygens (including phenoxy) is 3. The van der Waals surface area contributed by atoms with Crippen LogP contribution in [0.25, 0.3) is 0 Å². The summed E-state index contributed by atoms with van der Waals surface area (Å²) in [6.45, 7) is 0. The van der Waals surface area contributed by atoms with Gasteiger partial charge >= 0.3 is 0 Å². The minimum atomic E-state index is -0.648. The van der Waals surface area contributed by atoms with Gasteiger partial charge < -0.3 is 19.5 Å². The summed E-state index contributed by atoms with van der Waals surface area (Å²) in [6, 6.07) is 9.11. The van der Waals surface area contributed by atoms with Gasteiger partial charge in [-0.15, -0.1) is 11.6 Å². The second-order valence-corrected chi connectivity index (χ2v) is 4.69. The van der Waals surface area contributed by atoms with Crippen LogP contribution in [0.3, 0.4) is 0 Å². The molecule has 2 aromatic carbocycles. The SMILES string of the molecule is COc1cccc(OC)c1Oc1ccc(NC(=O)CCl)cc1F.